The van der Waals surface area contributed by atoms with Crippen molar-refractivity contribution in [2.75, 3.05) is 6.54 Å². The summed E-state index contributed by atoms with van der Waals surface area (Å²) in [5.41, 5.74) is 0.554. The molecule has 0 atom stereocenters. The van der Waals surface area contributed by atoms with Gasteiger partial charge in [0.25, 0.3) is 0 Å². The van der Waals surface area contributed by atoms with Gasteiger partial charge < -0.3 is 5.11 Å². The highest BCUT2D eigenvalue weighted by molar-refractivity contribution is 7.89. The van der Waals surface area contributed by atoms with Gasteiger partial charge in [0.1, 0.15) is 0 Å². The van der Waals surface area contributed by atoms with E-state index in [1.807, 2.05) is 0 Å². The van der Waals surface area contributed by atoms with E-state index in [4.69, 9.17) is 11.5 Å². The van der Waals surface area contributed by atoms with Crippen LogP contribution in [0.1, 0.15) is 18.4 Å². The summed E-state index contributed by atoms with van der Waals surface area (Å²) in [4.78, 5) is 10.6. The van der Waals surface area contributed by atoms with Crippen LogP contribution in [-0.4, -0.2) is 26.0 Å². The van der Waals surface area contributed by atoms with Gasteiger partial charge in [-0.15, -0.1) is 12.3 Å². The van der Waals surface area contributed by atoms with E-state index < -0.39 is 16.0 Å². The largest absolute Gasteiger partial charge is 0.481 e. The second-order valence-electron chi connectivity index (χ2n) is 3.92. The number of rotatable bonds is 7. The number of benzene rings is 1. The maximum Gasteiger partial charge on any atom is 0.307 e. The standard InChI is InChI=1S/C13H15NO4S/c1-2-3-4-9-14-19(17,18)12-7-5-11(6-8-12)10-13(15)16/h1,5-8,14H,3-4,9-10H2,(H,15,16). The number of carboxylic acid groups (broad SMARTS) is 1. The highest BCUT2D eigenvalue weighted by atomic mass is 32.2. The summed E-state index contributed by atoms with van der Waals surface area (Å²) in [7, 11) is -3.55. The van der Waals surface area contributed by atoms with Gasteiger partial charge in [0.2, 0.25) is 10.0 Å². The van der Waals surface area contributed by atoms with Crippen LogP contribution in [0.5, 0.6) is 0 Å². The average Bonchev–Trinajstić information content (AvgIpc) is 2.35. The molecule has 0 radical (unpaired) electrons. The Hall–Kier alpha value is -1.84. The monoisotopic (exact) mass is 281 g/mol. The molecule has 0 saturated heterocycles. The Balaban J connectivity index is 2.68. The van der Waals surface area contributed by atoms with E-state index in [1.54, 1.807) is 0 Å². The van der Waals surface area contributed by atoms with Crippen molar-refractivity contribution in [1.82, 2.24) is 4.72 Å². The highest BCUT2D eigenvalue weighted by Gasteiger charge is 2.13. The van der Waals surface area contributed by atoms with Crippen molar-refractivity contribution in [3.8, 4) is 12.3 Å². The van der Waals surface area contributed by atoms with Crippen molar-refractivity contribution in [2.45, 2.75) is 24.2 Å². The van der Waals surface area contributed by atoms with Crippen LogP contribution in [0, 0.1) is 12.3 Å². The van der Waals surface area contributed by atoms with Crippen LogP contribution in [0.15, 0.2) is 29.2 Å². The molecule has 0 bridgehead atoms. The molecule has 102 valence electrons. The minimum atomic E-state index is -3.55. The number of nitrogens with one attached hydrogen (secondary N) is 1. The number of sulfonamides is 1. The summed E-state index contributed by atoms with van der Waals surface area (Å²) in [6.07, 6.45) is 6.03. The van der Waals surface area contributed by atoms with Gasteiger partial charge in [-0.2, -0.15) is 0 Å². The third-order valence-corrected chi connectivity index (χ3v) is 3.86. The van der Waals surface area contributed by atoms with E-state index in [2.05, 4.69) is 10.6 Å². The lowest BCUT2D eigenvalue weighted by molar-refractivity contribution is -0.136. The number of carboxylic acids is 1. The molecule has 0 heterocycles. The summed E-state index contributed by atoms with van der Waals surface area (Å²) < 4.78 is 26.1. The second kappa shape index (κ2) is 6.92. The first-order valence-corrected chi connectivity index (χ1v) is 7.18. The van der Waals surface area contributed by atoms with Crippen LogP contribution < -0.4 is 4.72 Å². The molecule has 0 aromatic heterocycles. The van der Waals surface area contributed by atoms with E-state index in [0.717, 1.165) is 0 Å². The lowest BCUT2D eigenvalue weighted by Gasteiger charge is -2.06. The summed E-state index contributed by atoms with van der Waals surface area (Å²) >= 11 is 0. The predicted octanol–water partition coefficient (Wildman–Crippen LogP) is 1.01. The van der Waals surface area contributed by atoms with Crippen molar-refractivity contribution in [1.29, 1.82) is 0 Å². The SMILES string of the molecule is C#CCCCNS(=O)(=O)c1ccc(CC(=O)O)cc1. The molecular formula is C13H15NO4S. The topological polar surface area (TPSA) is 83.5 Å². The molecule has 0 fully saturated rings. The minimum Gasteiger partial charge on any atom is -0.481 e. The third-order valence-electron chi connectivity index (χ3n) is 2.38. The Morgan fingerprint density at radius 2 is 1.95 bits per heavy atom. The number of terminal acetylenes is 1. The van der Waals surface area contributed by atoms with E-state index in [0.29, 0.717) is 18.4 Å². The Kier molecular flexibility index (Phi) is 5.55. The molecule has 2 N–H and O–H groups in total. The molecule has 0 aliphatic heterocycles. The quantitative estimate of drug-likeness (QED) is 0.577. The van der Waals surface area contributed by atoms with Crippen LogP contribution in [-0.2, 0) is 21.2 Å². The van der Waals surface area contributed by atoms with E-state index in [-0.39, 0.29) is 17.9 Å². The molecule has 5 nitrogen and oxygen atoms in total. The number of unbranched alkanes of at least 4 members (excludes halogenated alkanes) is 1. The highest BCUT2D eigenvalue weighted by Crippen LogP contribution is 2.11. The summed E-state index contributed by atoms with van der Waals surface area (Å²) in [5.74, 6) is 1.47. The van der Waals surface area contributed by atoms with Gasteiger partial charge in [0.15, 0.2) is 0 Å². The van der Waals surface area contributed by atoms with Gasteiger partial charge in [0.05, 0.1) is 11.3 Å². The van der Waals surface area contributed by atoms with Gasteiger partial charge >= 0.3 is 5.97 Å². The predicted molar refractivity (Wildman–Crippen MR) is 71.0 cm³/mol. The van der Waals surface area contributed by atoms with E-state index >= 15 is 0 Å². The Bertz CT molecular complexity index is 570. The van der Waals surface area contributed by atoms with Crippen molar-refractivity contribution in [3.05, 3.63) is 29.8 Å². The summed E-state index contributed by atoms with van der Waals surface area (Å²) in [6.45, 7) is 0.281. The fourth-order valence-corrected chi connectivity index (χ4v) is 2.52. The van der Waals surface area contributed by atoms with Crippen molar-refractivity contribution < 1.29 is 18.3 Å². The molecular weight excluding hydrogens is 266 g/mol. The zero-order valence-electron chi connectivity index (χ0n) is 10.3. The van der Waals surface area contributed by atoms with Gasteiger partial charge in [-0.25, -0.2) is 13.1 Å². The Labute approximate surface area is 112 Å². The number of carbonyl (C=O) groups is 1. The van der Waals surface area contributed by atoms with Crippen molar-refractivity contribution in [3.63, 3.8) is 0 Å². The lowest BCUT2D eigenvalue weighted by Crippen LogP contribution is -2.24. The first-order valence-electron chi connectivity index (χ1n) is 5.69. The molecule has 19 heavy (non-hydrogen) atoms. The maximum atomic E-state index is 11.8. The molecule has 0 aliphatic carbocycles. The fourth-order valence-electron chi connectivity index (χ4n) is 1.44. The average molecular weight is 281 g/mol. The first kappa shape index (κ1) is 15.2. The van der Waals surface area contributed by atoms with Crippen LogP contribution in [0.2, 0.25) is 0 Å². The normalized spacial score (nSPS) is 10.9. The zero-order valence-corrected chi connectivity index (χ0v) is 11.1. The maximum absolute atomic E-state index is 11.8. The summed E-state index contributed by atoms with van der Waals surface area (Å²) in [5, 5.41) is 8.62. The van der Waals surface area contributed by atoms with Crippen LogP contribution in [0.3, 0.4) is 0 Å². The molecule has 1 aromatic rings. The molecule has 0 spiro atoms. The third kappa shape index (κ3) is 5.12. The summed E-state index contributed by atoms with van der Waals surface area (Å²) in [6, 6.07) is 5.76. The molecule has 0 aliphatic rings. The smallest absolute Gasteiger partial charge is 0.307 e. The van der Waals surface area contributed by atoms with Crippen LogP contribution in [0.4, 0.5) is 0 Å². The molecule has 0 saturated carbocycles. The van der Waals surface area contributed by atoms with Gasteiger partial charge in [0, 0.05) is 13.0 Å². The molecule has 6 heteroatoms. The van der Waals surface area contributed by atoms with E-state index in [9.17, 15) is 13.2 Å². The number of aliphatic carboxylic acids is 1. The Morgan fingerprint density at radius 1 is 1.32 bits per heavy atom. The van der Waals surface area contributed by atoms with Gasteiger partial charge in [-0.3, -0.25) is 4.79 Å². The van der Waals surface area contributed by atoms with Crippen LogP contribution >= 0.6 is 0 Å². The van der Waals surface area contributed by atoms with Crippen molar-refractivity contribution in [2.24, 2.45) is 0 Å². The Morgan fingerprint density at radius 3 is 2.47 bits per heavy atom. The lowest BCUT2D eigenvalue weighted by atomic mass is 10.2. The molecule has 0 unspecified atom stereocenters. The van der Waals surface area contributed by atoms with Crippen LogP contribution in [0.25, 0.3) is 0 Å². The zero-order chi connectivity index (χ0) is 14.3. The molecule has 1 aromatic carbocycles. The second-order valence-corrected chi connectivity index (χ2v) is 5.69. The molecule has 1 rings (SSSR count). The minimum absolute atomic E-state index is 0.113. The van der Waals surface area contributed by atoms with Gasteiger partial charge in [-0.1, -0.05) is 12.1 Å². The number of hydrogen-bond acceptors (Lipinski definition) is 3. The van der Waals surface area contributed by atoms with Gasteiger partial charge in [-0.05, 0) is 24.1 Å². The molecule has 0 amide bonds. The number of hydrogen-bond donors (Lipinski definition) is 2. The van der Waals surface area contributed by atoms with Crippen molar-refractivity contribution >= 4 is 16.0 Å². The first-order chi connectivity index (χ1) is 8.95. The fraction of sp³-hybridized carbons (Fsp3) is 0.308. The van der Waals surface area contributed by atoms with E-state index in [1.165, 1.54) is 24.3 Å².